The molecule has 0 fully saturated rings. The summed E-state index contributed by atoms with van der Waals surface area (Å²) in [4.78, 5) is 21.0. The number of rotatable bonds is 4. The Morgan fingerprint density at radius 3 is 2.56 bits per heavy atom. The number of aliphatic carboxylic acids is 1. The second-order valence-electron chi connectivity index (χ2n) is 3.38. The maximum Gasteiger partial charge on any atom is 0.335 e. The summed E-state index contributed by atoms with van der Waals surface area (Å²) >= 11 is 0. The third-order valence-corrected chi connectivity index (χ3v) is 2.12. The van der Waals surface area contributed by atoms with Crippen LogP contribution in [0, 0.1) is 6.92 Å². The van der Waals surface area contributed by atoms with Gasteiger partial charge >= 0.3 is 11.9 Å². The minimum atomic E-state index is -0.993. The number of carbonyl (C=O) groups is 2. The monoisotopic (exact) mass is 220 g/mol. The van der Waals surface area contributed by atoms with Crippen LogP contribution in [0.1, 0.15) is 27.9 Å². The molecule has 0 aromatic heterocycles. The van der Waals surface area contributed by atoms with Gasteiger partial charge in [0.05, 0.1) is 12.0 Å². The molecule has 0 unspecified atom stereocenters. The minimum Gasteiger partial charge on any atom is -0.481 e. The number of hydrogen-bond acceptors (Lipinski definition) is 2. The van der Waals surface area contributed by atoms with Crippen molar-refractivity contribution >= 4 is 18.0 Å². The second kappa shape index (κ2) is 5.11. The summed E-state index contributed by atoms with van der Waals surface area (Å²) in [6.07, 6.45) is 3.04. The van der Waals surface area contributed by atoms with E-state index in [1.807, 2.05) is 6.92 Å². The van der Waals surface area contributed by atoms with E-state index in [0.29, 0.717) is 0 Å². The van der Waals surface area contributed by atoms with Gasteiger partial charge in [0.15, 0.2) is 0 Å². The summed E-state index contributed by atoms with van der Waals surface area (Å²) < 4.78 is 0. The largest absolute Gasteiger partial charge is 0.481 e. The van der Waals surface area contributed by atoms with E-state index in [1.54, 1.807) is 12.1 Å². The van der Waals surface area contributed by atoms with Gasteiger partial charge in [-0.15, -0.1) is 0 Å². The zero-order valence-electron chi connectivity index (χ0n) is 8.80. The third-order valence-electron chi connectivity index (χ3n) is 2.12. The molecule has 1 rings (SSSR count). The SMILES string of the molecule is Cc1ccc(C(=O)O)cc1C=CCC(=O)O. The van der Waals surface area contributed by atoms with Crippen LogP contribution in [-0.4, -0.2) is 22.2 Å². The maximum atomic E-state index is 10.7. The highest BCUT2D eigenvalue weighted by atomic mass is 16.4. The molecule has 0 spiro atoms. The van der Waals surface area contributed by atoms with Crippen molar-refractivity contribution < 1.29 is 19.8 Å². The molecule has 0 heterocycles. The smallest absolute Gasteiger partial charge is 0.335 e. The van der Waals surface area contributed by atoms with Crippen molar-refractivity contribution in [2.75, 3.05) is 0 Å². The van der Waals surface area contributed by atoms with Gasteiger partial charge in [0.1, 0.15) is 0 Å². The van der Waals surface area contributed by atoms with Crippen molar-refractivity contribution in [3.63, 3.8) is 0 Å². The molecule has 0 atom stereocenters. The third kappa shape index (κ3) is 3.24. The van der Waals surface area contributed by atoms with Crippen LogP contribution >= 0.6 is 0 Å². The molecule has 0 saturated carbocycles. The van der Waals surface area contributed by atoms with Crippen LogP contribution in [0.5, 0.6) is 0 Å². The number of hydrogen-bond donors (Lipinski definition) is 2. The minimum absolute atomic E-state index is 0.0727. The summed E-state index contributed by atoms with van der Waals surface area (Å²) in [5, 5.41) is 17.3. The molecule has 2 N–H and O–H groups in total. The van der Waals surface area contributed by atoms with Crippen molar-refractivity contribution in [3.8, 4) is 0 Å². The summed E-state index contributed by atoms with van der Waals surface area (Å²) in [5.41, 5.74) is 1.83. The number of carboxylic acids is 2. The van der Waals surface area contributed by atoms with Crippen LogP contribution in [0.3, 0.4) is 0 Å². The van der Waals surface area contributed by atoms with E-state index < -0.39 is 11.9 Å². The number of aromatic carboxylic acids is 1. The summed E-state index contributed by atoms with van der Waals surface area (Å²) in [5.74, 6) is -1.91. The molecule has 0 radical (unpaired) electrons. The molecule has 0 aliphatic heterocycles. The Kier molecular flexibility index (Phi) is 3.83. The molecule has 1 aromatic rings. The molecule has 0 aliphatic carbocycles. The molecule has 4 heteroatoms. The van der Waals surface area contributed by atoms with Gasteiger partial charge in [0.25, 0.3) is 0 Å². The predicted octanol–water partition coefficient (Wildman–Crippen LogP) is 2.18. The molecular weight excluding hydrogens is 208 g/mol. The fraction of sp³-hybridized carbons (Fsp3) is 0.167. The lowest BCUT2D eigenvalue weighted by Gasteiger charge is -2.01. The fourth-order valence-corrected chi connectivity index (χ4v) is 1.24. The van der Waals surface area contributed by atoms with Crippen molar-refractivity contribution in [1.29, 1.82) is 0 Å². The quantitative estimate of drug-likeness (QED) is 0.815. The van der Waals surface area contributed by atoms with Crippen molar-refractivity contribution in [2.24, 2.45) is 0 Å². The highest BCUT2D eigenvalue weighted by Crippen LogP contribution is 2.13. The van der Waals surface area contributed by atoms with E-state index in [1.165, 1.54) is 18.2 Å². The van der Waals surface area contributed by atoms with Gasteiger partial charge in [-0.05, 0) is 30.2 Å². The Morgan fingerprint density at radius 2 is 2.00 bits per heavy atom. The van der Waals surface area contributed by atoms with Gasteiger partial charge in [-0.1, -0.05) is 18.2 Å². The normalized spacial score (nSPS) is 10.6. The first-order valence-corrected chi connectivity index (χ1v) is 4.73. The molecule has 16 heavy (non-hydrogen) atoms. The van der Waals surface area contributed by atoms with Crippen LogP contribution in [-0.2, 0) is 4.79 Å². The van der Waals surface area contributed by atoms with E-state index in [4.69, 9.17) is 10.2 Å². The molecule has 0 amide bonds. The van der Waals surface area contributed by atoms with Crippen LogP contribution in [0.2, 0.25) is 0 Å². The van der Waals surface area contributed by atoms with Gasteiger partial charge in [-0.2, -0.15) is 0 Å². The topological polar surface area (TPSA) is 74.6 Å². The van der Waals surface area contributed by atoms with Crippen molar-refractivity contribution in [2.45, 2.75) is 13.3 Å². The van der Waals surface area contributed by atoms with E-state index in [-0.39, 0.29) is 12.0 Å². The zero-order valence-corrected chi connectivity index (χ0v) is 8.80. The van der Waals surface area contributed by atoms with E-state index >= 15 is 0 Å². The maximum absolute atomic E-state index is 10.7. The zero-order chi connectivity index (χ0) is 12.1. The van der Waals surface area contributed by atoms with Crippen LogP contribution < -0.4 is 0 Å². The first kappa shape index (κ1) is 12.0. The molecule has 4 nitrogen and oxygen atoms in total. The Hall–Kier alpha value is -2.10. The van der Waals surface area contributed by atoms with E-state index in [2.05, 4.69) is 0 Å². The Labute approximate surface area is 92.8 Å². The lowest BCUT2D eigenvalue weighted by molar-refractivity contribution is -0.135. The van der Waals surface area contributed by atoms with Gasteiger partial charge in [-0.3, -0.25) is 4.79 Å². The van der Waals surface area contributed by atoms with Crippen molar-refractivity contribution in [1.82, 2.24) is 0 Å². The number of benzene rings is 1. The Morgan fingerprint density at radius 1 is 1.31 bits per heavy atom. The number of carboxylic acid groups (broad SMARTS) is 2. The average Bonchev–Trinajstić information content (AvgIpc) is 2.20. The van der Waals surface area contributed by atoms with E-state index in [9.17, 15) is 9.59 Å². The number of aryl methyl sites for hydroxylation is 1. The van der Waals surface area contributed by atoms with Gasteiger partial charge in [0, 0.05) is 0 Å². The molecule has 0 bridgehead atoms. The second-order valence-corrected chi connectivity index (χ2v) is 3.38. The predicted molar refractivity (Wildman–Crippen MR) is 59.4 cm³/mol. The Balaban J connectivity index is 2.94. The van der Waals surface area contributed by atoms with E-state index in [0.717, 1.165) is 11.1 Å². The highest BCUT2D eigenvalue weighted by molar-refractivity contribution is 5.88. The van der Waals surface area contributed by atoms with Gasteiger partial charge < -0.3 is 10.2 Å². The highest BCUT2D eigenvalue weighted by Gasteiger charge is 2.04. The lowest BCUT2D eigenvalue weighted by atomic mass is 10.0. The summed E-state index contributed by atoms with van der Waals surface area (Å²) in [7, 11) is 0. The van der Waals surface area contributed by atoms with Crippen LogP contribution in [0.25, 0.3) is 6.08 Å². The molecule has 0 saturated heterocycles. The van der Waals surface area contributed by atoms with Crippen LogP contribution in [0.4, 0.5) is 0 Å². The molecule has 1 aromatic carbocycles. The van der Waals surface area contributed by atoms with Gasteiger partial charge in [0.2, 0.25) is 0 Å². The first-order chi connectivity index (χ1) is 7.50. The summed E-state index contributed by atoms with van der Waals surface area (Å²) in [6, 6.07) is 4.74. The Bertz CT molecular complexity index is 446. The fourth-order valence-electron chi connectivity index (χ4n) is 1.24. The molecule has 0 aliphatic rings. The van der Waals surface area contributed by atoms with Crippen LogP contribution in [0.15, 0.2) is 24.3 Å². The first-order valence-electron chi connectivity index (χ1n) is 4.73. The van der Waals surface area contributed by atoms with Crippen molar-refractivity contribution in [3.05, 3.63) is 41.0 Å². The standard InChI is InChI=1S/C12H12O4/c1-8-5-6-10(12(15)16)7-9(8)3-2-4-11(13)14/h2-3,5-7H,4H2,1H3,(H,13,14)(H,15,16). The average molecular weight is 220 g/mol. The molecular formula is C12H12O4. The molecule has 84 valence electrons. The van der Waals surface area contributed by atoms with Gasteiger partial charge in [-0.25, -0.2) is 4.79 Å². The lowest BCUT2D eigenvalue weighted by Crippen LogP contribution is -1.97. The summed E-state index contributed by atoms with van der Waals surface area (Å²) in [6.45, 7) is 1.84.